The number of nitrogens with one attached hydrogen (secondary N) is 1. The molecule has 3 N–H and O–H groups in total. The lowest BCUT2D eigenvalue weighted by Gasteiger charge is -2.17. The third kappa shape index (κ3) is 3.73. The second kappa shape index (κ2) is 7.29. The fraction of sp³-hybridized carbons (Fsp3) is 0.562. The van der Waals surface area contributed by atoms with Gasteiger partial charge in [0.25, 0.3) is 0 Å². The van der Waals surface area contributed by atoms with Crippen molar-refractivity contribution in [1.29, 1.82) is 0 Å². The highest BCUT2D eigenvalue weighted by Gasteiger charge is 2.31. The van der Waals surface area contributed by atoms with Gasteiger partial charge in [0, 0.05) is 12.5 Å². The van der Waals surface area contributed by atoms with E-state index in [1.54, 1.807) is 7.11 Å². The Balaban J connectivity index is 1.76. The molecule has 0 spiro atoms. The Hall–Kier alpha value is -1.55. The number of benzene rings is 1. The molecule has 1 amide bonds. The first-order chi connectivity index (χ1) is 9.74. The number of rotatable bonds is 6. The van der Waals surface area contributed by atoms with E-state index in [4.69, 9.17) is 10.5 Å². The van der Waals surface area contributed by atoms with E-state index in [1.807, 2.05) is 24.3 Å². The summed E-state index contributed by atoms with van der Waals surface area (Å²) in [6.45, 7) is 1.30. The van der Waals surface area contributed by atoms with E-state index in [9.17, 15) is 4.79 Å². The van der Waals surface area contributed by atoms with Crippen LogP contribution < -0.4 is 15.8 Å². The molecule has 0 saturated heterocycles. The van der Waals surface area contributed by atoms with Crippen molar-refractivity contribution in [1.82, 2.24) is 5.32 Å². The second-order valence-electron chi connectivity index (χ2n) is 5.42. The summed E-state index contributed by atoms with van der Waals surface area (Å²) in [5, 5.41) is 3.04. The molecule has 2 atom stereocenters. The number of hydrogen-bond donors (Lipinski definition) is 2. The zero-order valence-corrected chi connectivity index (χ0v) is 12.1. The predicted octanol–water partition coefficient (Wildman–Crippen LogP) is 1.73. The number of amides is 1. The van der Waals surface area contributed by atoms with Crippen molar-refractivity contribution in [3.63, 3.8) is 0 Å². The first-order valence-electron chi connectivity index (χ1n) is 7.35. The molecule has 4 heteroatoms. The third-order valence-corrected chi connectivity index (χ3v) is 4.17. The van der Waals surface area contributed by atoms with Crippen LogP contribution in [0.1, 0.15) is 24.8 Å². The molecule has 2 unspecified atom stereocenters. The van der Waals surface area contributed by atoms with Gasteiger partial charge >= 0.3 is 0 Å². The zero-order chi connectivity index (χ0) is 14.4. The Labute approximate surface area is 120 Å². The highest BCUT2D eigenvalue weighted by atomic mass is 16.5. The molecule has 0 radical (unpaired) electrons. The molecule has 1 aromatic carbocycles. The van der Waals surface area contributed by atoms with Gasteiger partial charge in [-0.2, -0.15) is 0 Å². The zero-order valence-electron chi connectivity index (χ0n) is 12.1. The number of nitrogens with two attached hydrogens (primary N) is 1. The van der Waals surface area contributed by atoms with Crippen LogP contribution in [-0.4, -0.2) is 26.1 Å². The maximum atomic E-state index is 12.1. The van der Waals surface area contributed by atoms with Crippen molar-refractivity contribution in [2.45, 2.75) is 25.7 Å². The summed E-state index contributed by atoms with van der Waals surface area (Å²) >= 11 is 0. The minimum Gasteiger partial charge on any atom is -0.497 e. The topological polar surface area (TPSA) is 64.3 Å². The van der Waals surface area contributed by atoms with Crippen molar-refractivity contribution in [2.75, 3.05) is 20.2 Å². The molecule has 1 aliphatic carbocycles. The van der Waals surface area contributed by atoms with Crippen LogP contribution in [0.3, 0.4) is 0 Å². The summed E-state index contributed by atoms with van der Waals surface area (Å²) in [5.74, 6) is 1.52. The van der Waals surface area contributed by atoms with E-state index in [-0.39, 0.29) is 11.8 Å². The first-order valence-corrected chi connectivity index (χ1v) is 7.35. The van der Waals surface area contributed by atoms with E-state index in [1.165, 1.54) is 5.56 Å². The van der Waals surface area contributed by atoms with Crippen LogP contribution in [0.2, 0.25) is 0 Å². The Kier molecular flexibility index (Phi) is 5.41. The van der Waals surface area contributed by atoms with Crippen molar-refractivity contribution < 1.29 is 9.53 Å². The Bertz CT molecular complexity index is 431. The Morgan fingerprint density at radius 1 is 1.35 bits per heavy atom. The van der Waals surface area contributed by atoms with Gasteiger partial charge in [0.15, 0.2) is 0 Å². The molecule has 0 bridgehead atoms. The van der Waals surface area contributed by atoms with Crippen molar-refractivity contribution >= 4 is 5.91 Å². The lowest BCUT2D eigenvalue weighted by molar-refractivity contribution is -0.125. The van der Waals surface area contributed by atoms with Crippen LogP contribution in [-0.2, 0) is 11.2 Å². The van der Waals surface area contributed by atoms with Crippen molar-refractivity contribution in [3.8, 4) is 5.75 Å². The molecule has 2 rings (SSSR count). The fourth-order valence-corrected chi connectivity index (χ4v) is 2.92. The van der Waals surface area contributed by atoms with Crippen LogP contribution in [0.5, 0.6) is 5.75 Å². The standard InChI is InChI=1S/C16H24N2O2/c1-20-14-7-5-12(6-8-14)9-10-18-16(19)15-4-2-3-13(15)11-17/h5-8,13,15H,2-4,9-11,17H2,1H3,(H,18,19). The maximum absolute atomic E-state index is 12.1. The predicted molar refractivity (Wildman–Crippen MR) is 79.6 cm³/mol. The van der Waals surface area contributed by atoms with Crippen LogP contribution in [0, 0.1) is 11.8 Å². The molecular weight excluding hydrogens is 252 g/mol. The van der Waals surface area contributed by atoms with E-state index in [0.717, 1.165) is 31.4 Å². The van der Waals surface area contributed by atoms with Gasteiger partial charge < -0.3 is 15.8 Å². The van der Waals surface area contributed by atoms with E-state index >= 15 is 0 Å². The number of methoxy groups -OCH3 is 1. The van der Waals surface area contributed by atoms with Crippen molar-refractivity contribution in [3.05, 3.63) is 29.8 Å². The van der Waals surface area contributed by atoms with Gasteiger partial charge in [-0.1, -0.05) is 18.6 Å². The average molecular weight is 276 g/mol. The van der Waals surface area contributed by atoms with Crippen LogP contribution >= 0.6 is 0 Å². The molecule has 110 valence electrons. The van der Waals surface area contributed by atoms with Crippen LogP contribution in [0.15, 0.2) is 24.3 Å². The minimum atomic E-state index is 0.121. The van der Waals surface area contributed by atoms with Gasteiger partial charge in [-0.15, -0.1) is 0 Å². The van der Waals surface area contributed by atoms with E-state index in [0.29, 0.717) is 19.0 Å². The summed E-state index contributed by atoms with van der Waals surface area (Å²) in [4.78, 5) is 12.1. The molecule has 1 aliphatic rings. The molecule has 1 aromatic rings. The number of hydrogen-bond acceptors (Lipinski definition) is 3. The Morgan fingerprint density at radius 2 is 2.10 bits per heavy atom. The van der Waals surface area contributed by atoms with E-state index < -0.39 is 0 Å². The number of carbonyl (C=O) groups is 1. The number of carbonyl (C=O) groups excluding carboxylic acids is 1. The lowest BCUT2D eigenvalue weighted by atomic mass is 9.95. The van der Waals surface area contributed by atoms with Gasteiger partial charge in [-0.05, 0) is 49.4 Å². The largest absolute Gasteiger partial charge is 0.497 e. The smallest absolute Gasteiger partial charge is 0.223 e. The molecule has 0 heterocycles. The summed E-state index contributed by atoms with van der Waals surface area (Å²) in [5.41, 5.74) is 6.92. The van der Waals surface area contributed by atoms with Crippen LogP contribution in [0.4, 0.5) is 0 Å². The highest BCUT2D eigenvalue weighted by Crippen LogP contribution is 2.30. The second-order valence-corrected chi connectivity index (χ2v) is 5.42. The molecule has 1 fully saturated rings. The molecular formula is C16H24N2O2. The van der Waals surface area contributed by atoms with Gasteiger partial charge in [0.2, 0.25) is 5.91 Å². The monoisotopic (exact) mass is 276 g/mol. The summed E-state index contributed by atoms with van der Waals surface area (Å²) in [6, 6.07) is 7.95. The van der Waals surface area contributed by atoms with Gasteiger partial charge in [-0.25, -0.2) is 0 Å². The molecule has 1 saturated carbocycles. The number of ether oxygens (including phenoxy) is 1. The maximum Gasteiger partial charge on any atom is 0.223 e. The molecule has 4 nitrogen and oxygen atoms in total. The van der Waals surface area contributed by atoms with Crippen LogP contribution in [0.25, 0.3) is 0 Å². The minimum absolute atomic E-state index is 0.121. The van der Waals surface area contributed by atoms with E-state index in [2.05, 4.69) is 5.32 Å². The molecule has 0 aliphatic heterocycles. The van der Waals surface area contributed by atoms with Gasteiger partial charge in [0.05, 0.1) is 7.11 Å². The summed E-state index contributed by atoms with van der Waals surface area (Å²) in [6.07, 6.45) is 4.04. The Morgan fingerprint density at radius 3 is 2.75 bits per heavy atom. The summed E-state index contributed by atoms with van der Waals surface area (Å²) < 4.78 is 5.12. The lowest BCUT2D eigenvalue weighted by Crippen LogP contribution is -2.36. The van der Waals surface area contributed by atoms with Gasteiger partial charge in [0.1, 0.15) is 5.75 Å². The third-order valence-electron chi connectivity index (χ3n) is 4.17. The van der Waals surface area contributed by atoms with Gasteiger partial charge in [-0.3, -0.25) is 4.79 Å². The fourth-order valence-electron chi connectivity index (χ4n) is 2.92. The highest BCUT2D eigenvalue weighted by molar-refractivity contribution is 5.79. The SMILES string of the molecule is COc1ccc(CCNC(=O)C2CCCC2CN)cc1. The molecule has 0 aromatic heterocycles. The quantitative estimate of drug-likeness (QED) is 0.831. The first kappa shape index (κ1) is 14.9. The summed E-state index contributed by atoms with van der Waals surface area (Å²) in [7, 11) is 1.66. The average Bonchev–Trinajstić information content (AvgIpc) is 2.96. The molecule has 20 heavy (non-hydrogen) atoms. The van der Waals surface area contributed by atoms with Crippen molar-refractivity contribution in [2.24, 2.45) is 17.6 Å². The normalized spacial score (nSPS) is 21.7.